The number of unbranched alkanes of at least 4 members (excludes halogenated alkanes) is 13. The molecule has 3 saturated heterocycles. The number of carbonyl (C=O) groups excluding carboxylic acids is 1. The summed E-state index contributed by atoms with van der Waals surface area (Å²) in [6, 6.07) is -0.989. The van der Waals surface area contributed by atoms with Crippen molar-refractivity contribution in [2.75, 3.05) is 26.4 Å². The van der Waals surface area contributed by atoms with Gasteiger partial charge in [0.1, 0.15) is 73.2 Å². The second-order valence-corrected chi connectivity index (χ2v) is 17.9. The van der Waals surface area contributed by atoms with Crippen LogP contribution in [0.5, 0.6) is 0 Å². The fourth-order valence-corrected chi connectivity index (χ4v) is 8.21. The van der Waals surface area contributed by atoms with Gasteiger partial charge in [-0.3, -0.25) is 4.79 Å². The van der Waals surface area contributed by atoms with Crippen LogP contribution in [0.3, 0.4) is 0 Å². The summed E-state index contributed by atoms with van der Waals surface area (Å²) >= 11 is 0. The molecule has 3 fully saturated rings. The number of hydrogen-bond donors (Lipinski definition) is 12. The van der Waals surface area contributed by atoms with E-state index >= 15 is 0 Å². The molecular formula is C48H85NO18. The fourth-order valence-electron chi connectivity index (χ4n) is 8.21. The lowest BCUT2D eigenvalue weighted by Crippen LogP contribution is -2.66. The van der Waals surface area contributed by atoms with Gasteiger partial charge in [0, 0.05) is 6.42 Å². The normalized spacial score (nSPS) is 33.8. The zero-order valence-corrected chi connectivity index (χ0v) is 39.6. The summed E-state index contributed by atoms with van der Waals surface area (Å²) in [5, 5.41) is 119. The molecule has 17 unspecified atom stereocenters. The molecule has 67 heavy (non-hydrogen) atoms. The average molecular weight is 964 g/mol. The average Bonchev–Trinajstić information content (AvgIpc) is 3.32. The third-order valence-corrected chi connectivity index (χ3v) is 12.4. The van der Waals surface area contributed by atoms with Crippen molar-refractivity contribution in [3.63, 3.8) is 0 Å². The van der Waals surface area contributed by atoms with Crippen LogP contribution >= 0.6 is 0 Å². The minimum Gasteiger partial charge on any atom is -0.394 e. The summed E-state index contributed by atoms with van der Waals surface area (Å²) in [6.07, 6.45) is 3.16. The van der Waals surface area contributed by atoms with Gasteiger partial charge in [-0.25, -0.2) is 0 Å². The lowest BCUT2D eigenvalue weighted by molar-refractivity contribution is -0.379. The highest BCUT2D eigenvalue weighted by Gasteiger charge is 2.53. The maximum Gasteiger partial charge on any atom is 0.220 e. The molecule has 0 aromatic carbocycles. The first kappa shape index (κ1) is 59.3. The van der Waals surface area contributed by atoms with Gasteiger partial charge in [0.2, 0.25) is 5.91 Å². The predicted octanol–water partition coefficient (Wildman–Crippen LogP) is 1.03. The van der Waals surface area contributed by atoms with E-state index in [1.165, 1.54) is 32.1 Å². The molecule has 0 aliphatic carbocycles. The highest BCUT2D eigenvalue weighted by atomic mass is 16.8. The van der Waals surface area contributed by atoms with E-state index in [0.29, 0.717) is 12.8 Å². The van der Waals surface area contributed by atoms with E-state index in [0.717, 1.165) is 64.2 Å². The minimum absolute atomic E-state index is 0.223. The first-order valence-corrected chi connectivity index (χ1v) is 24.7. The van der Waals surface area contributed by atoms with Gasteiger partial charge >= 0.3 is 0 Å². The first-order chi connectivity index (χ1) is 32.3. The molecule has 3 aliphatic rings. The third kappa shape index (κ3) is 20.0. The second-order valence-electron chi connectivity index (χ2n) is 17.9. The van der Waals surface area contributed by atoms with Crippen LogP contribution in [0.25, 0.3) is 0 Å². The molecule has 19 heteroatoms. The number of ether oxygens (including phenoxy) is 6. The molecule has 0 aromatic heterocycles. The molecule has 3 aliphatic heterocycles. The summed E-state index contributed by atoms with van der Waals surface area (Å²) < 4.78 is 34.0. The Labute approximate surface area is 396 Å². The van der Waals surface area contributed by atoms with Crippen molar-refractivity contribution in [2.24, 2.45) is 0 Å². The molecule has 0 saturated carbocycles. The molecule has 19 nitrogen and oxygen atoms in total. The predicted molar refractivity (Wildman–Crippen MR) is 245 cm³/mol. The Kier molecular flexibility index (Phi) is 29.7. The SMILES string of the molecule is CCC/C=C\CCCCCCCC(=O)NC(COC1OC(CO)C(OC2OC(CO)C(OC3OC(CO)C(O)C(O)C3O)C(O)C2O)C(O)C1O)C(O)/C=C/CC/C=C/CCCCCCCC. The number of nitrogens with one attached hydrogen (secondary N) is 1. The van der Waals surface area contributed by atoms with Gasteiger partial charge in [0.05, 0.1) is 38.6 Å². The van der Waals surface area contributed by atoms with Gasteiger partial charge in [-0.1, -0.05) is 108 Å². The second kappa shape index (κ2) is 33.6. The zero-order chi connectivity index (χ0) is 49.1. The highest BCUT2D eigenvalue weighted by molar-refractivity contribution is 5.76. The Morgan fingerprint density at radius 3 is 1.55 bits per heavy atom. The largest absolute Gasteiger partial charge is 0.394 e. The van der Waals surface area contributed by atoms with E-state index in [4.69, 9.17) is 28.4 Å². The van der Waals surface area contributed by atoms with Crippen LogP contribution in [0.1, 0.15) is 129 Å². The fraction of sp³-hybridized carbons (Fsp3) is 0.854. The molecule has 3 heterocycles. The van der Waals surface area contributed by atoms with E-state index in [-0.39, 0.29) is 18.9 Å². The van der Waals surface area contributed by atoms with Gasteiger partial charge in [0.15, 0.2) is 18.9 Å². The van der Waals surface area contributed by atoms with Crippen molar-refractivity contribution in [1.82, 2.24) is 5.32 Å². The van der Waals surface area contributed by atoms with Crippen LogP contribution in [-0.4, -0.2) is 193 Å². The number of aliphatic hydroxyl groups excluding tert-OH is 11. The molecular weight excluding hydrogens is 879 g/mol. The van der Waals surface area contributed by atoms with Crippen LogP contribution in [0.4, 0.5) is 0 Å². The van der Waals surface area contributed by atoms with Crippen molar-refractivity contribution >= 4 is 5.91 Å². The minimum atomic E-state index is -1.98. The standard InChI is InChI=1S/C48H85NO18/c1-3-5-7-9-11-13-15-16-17-19-21-23-25-32(53)31(49-36(54)26-24-22-20-18-14-12-10-8-6-4-2)30-62-46-42(60)39(57)44(34(28-51)64-46)67-48-43(61)40(58)45(35(29-52)65-48)66-47-41(59)38(56)37(55)33(27-50)63-47/h8,10,16-17,23,25,31-35,37-48,50-53,55-61H,3-7,9,11-15,18-22,24,26-30H2,1-2H3,(H,49,54)/b10-8-,17-16+,25-23+. The summed E-state index contributed by atoms with van der Waals surface area (Å²) in [6.45, 7) is 1.55. The van der Waals surface area contributed by atoms with Gasteiger partial charge in [-0.2, -0.15) is 0 Å². The molecule has 0 aromatic rings. The summed E-state index contributed by atoms with van der Waals surface area (Å²) in [5.41, 5.74) is 0. The van der Waals surface area contributed by atoms with Crippen molar-refractivity contribution in [2.45, 2.75) is 234 Å². The molecule has 0 bridgehead atoms. The number of allylic oxidation sites excluding steroid dienone is 5. The van der Waals surface area contributed by atoms with E-state index in [9.17, 15) is 61.0 Å². The number of aliphatic hydroxyl groups is 11. The smallest absolute Gasteiger partial charge is 0.220 e. The van der Waals surface area contributed by atoms with Crippen molar-refractivity contribution < 1.29 is 89.4 Å². The Balaban J connectivity index is 1.60. The molecule has 0 radical (unpaired) electrons. The molecule has 3 rings (SSSR count). The quantitative estimate of drug-likeness (QED) is 0.0323. The highest BCUT2D eigenvalue weighted by Crippen LogP contribution is 2.33. The molecule has 390 valence electrons. The zero-order valence-electron chi connectivity index (χ0n) is 39.6. The lowest BCUT2D eigenvalue weighted by Gasteiger charge is -2.48. The number of amides is 1. The van der Waals surface area contributed by atoms with Crippen molar-refractivity contribution in [3.05, 3.63) is 36.5 Å². The van der Waals surface area contributed by atoms with Gasteiger partial charge < -0.3 is 89.9 Å². The van der Waals surface area contributed by atoms with Crippen LogP contribution in [0.15, 0.2) is 36.5 Å². The van der Waals surface area contributed by atoms with Gasteiger partial charge in [-0.05, 0) is 51.4 Å². The number of rotatable bonds is 33. The van der Waals surface area contributed by atoms with Crippen molar-refractivity contribution in [3.8, 4) is 0 Å². The molecule has 1 amide bonds. The van der Waals surface area contributed by atoms with Crippen LogP contribution in [-0.2, 0) is 33.2 Å². The summed E-state index contributed by atoms with van der Waals surface area (Å²) in [5.74, 6) is -0.303. The Bertz CT molecular complexity index is 1390. The van der Waals surface area contributed by atoms with Crippen LogP contribution in [0.2, 0.25) is 0 Å². The lowest BCUT2D eigenvalue weighted by atomic mass is 9.96. The first-order valence-electron chi connectivity index (χ1n) is 24.7. The molecule has 0 spiro atoms. The van der Waals surface area contributed by atoms with Gasteiger partial charge in [-0.15, -0.1) is 0 Å². The van der Waals surface area contributed by atoms with Crippen LogP contribution in [0, 0.1) is 0 Å². The van der Waals surface area contributed by atoms with E-state index in [1.807, 2.05) is 6.08 Å². The summed E-state index contributed by atoms with van der Waals surface area (Å²) in [7, 11) is 0. The van der Waals surface area contributed by atoms with E-state index in [1.54, 1.807) is 6.08 Å². The Hall–Kier alpha value is -1.99. The topological polar surface area (TPSA) is 307 Å². The van der Waals surface area contributed by atoms with Crippen molar-refractivity contribution in [1.29, 1.82) is 0 Å². The van der Waals surface area contributed by atoms with E-state index < -0.39 is 124 Å². The third-order valence-electron chi connectivity index (χ3n) is 12.4. The van der Waals surface area contributed by atoms with E-state index in [2.05, 4.69) is 43.5 Å². The van der Waals surface area contributed by atoms with Crippen LogP contribution < -0.4 is 5.32 Å². The number of carbonyl (C=O) groups is 1. The Morgan fingerprint density at radius 1 is 0.522 bits per heavy atom. The Morgan fingerprint density at radius 2 is 0.985 bits per heavy atom. The van der Waals surface area contributed by atoms with Gasteiger partial charge in [0.25, 0.3) is 0 Å². The summed E-state index contributed by atoms with van der Waals surface area (Å²) in [4.78, 5) is 13.1. The maximum atomic E-state index is 13.1. The maximum absolute atomic E-state index is 13.1. The number of hydrogen-bond acceptors (Lipinski definition) is 18. The molecule has 12 N–H and O–H groups in total. The molecule has 17 atom stereocenters. The monoisotopic (exact) mass is 964 g/mol.